The van der Waals surface area contributed by atoms with Crippen molar-refractivity contribution in [2.45, 2.75) is 57.9 Å². The Bertz CT molecular complexity index is 1180. The summed E-state index contributed by atoms with van der Waals surface area (Å²) in [6.07, 6.45) is 6.87. The van der Waals surface area contributed by atoms with Gasteiger partial charge in [-0.2, -0.15) is 0 Å². The molecule has 2 unspecified atom stereocenters. The van der Waals surface area contributed by atoms with Crippen LogP contribution in [0.3, 0.4) is 0 Å². The number of ether oxygens (including phenoxy) is 1. The fourth-order valence-electron chi connectivity index (χ4n) is 5.59. The minimum Gasteiger partial charge on any atom is -0.410 e. The summed E-state index contributed by atoms with van der Waals surface area (Å²) in [5.41, 5.74) is 4.65. The summed E-state index contributed by atoms with van der Waals surface area (Å²) in [6.45, 7) is 10.7. The van der Waals surface area contributed by atoms with Gasteiger partial charge in [0.25, 0.3) is 0 Å². The summed E-state index contributed by atoms with van der Waals surface area (Å²) < 4.78 is 6.01. The van der Waals surface area contributed by atoms with Gasteiger partial charge in [-0.05, 0) is 87.2 Å². The third-order valence-electron chi connectivity index (χ3n) is 7.69. The molecule has 7 nitrogen and oxygen atoms in total. The van der Waals surface area contributed by atoms with Crippen molar-refractivity contribution in [3.63, 3.8) is 0 Å². The smallest absolute Gasteiger partial charge is 0.410 e. The lowest BCUT2D eigenvalue weighted by Gasteiger charge is -2.40. The SMILES string of the molecule is C=CCC(CNCC1CC1)c1ccc2c(c1)N(C(=O)Oc1cccc3c1CCCN3)CC(C)N2C(C)=O. The Balaban J connectivity index is 1.45. The highest BCUT2D eigenvalue weighted by Crippen LogP contribution is 2.40. The van der Waals surface area contributed by atoms with Gasteiger partial charge < -0.3 is 20.3 Å². The maximum Gasteiger partial charge on any atom is 0.419 e. The maximum absolute atomic E-state index is 13.7. The van der Waals surface area contributed by atoms with Crippen molar-refractivity contribution in [3.8, 4) is 5.75 Å². The average Bonchev–Trinajstić information content (AvgIpc) is 3.72. The summed E-state index contributed by atoms with van der Waals surface area (Å²) in [6, 6.07) is 11.8. The summed E-state index contributed by atoms with van der Waals surface area (Å²) in [5, 5.41) is 7.01. The average molecular weight is 503 g/mol. The zero-order valence-corrected chi connectivity index (χ0v) is 22.0. The zero-order valence-electron chi connectivity index (χ0n) is 22.0. The van der Waals surface area contributed by atoms with Crippen LogP contribution in [0.1, 0.15) is 56.6 Å². The van der Waals surface area contributed by atoms with E-state index in [-0.39, 0.29) is 17.9 Å². The van der Waals surface area contributed by atoms with Gasteiger partial charge in [-0.15, -0.1) is 6.58 Å². The van der Waals surface area contributed by atoms with Gasteiger partial charge in [-0.3, -0.25) is 9.69 Å². The normalized spacial score (nSPS) is 19.4. The van der Waals surface area contributed by atoms with Crippen LogP contribution >= 0.6 is 0 Å². The highest BCUT2D eigenvalue weighted by Gasteiger charge is 2.35. The number of carbonyl (C=O) groups is 2. The van der Waals surface area contributed by atoms with Crippen molar-refractivity contribution in [2.24, 2.45) is 5.92 Å². The van der Waals surface area contributed by atoms with Gasteiger partial charge in [0, 0.05) is 37.8 Å². The van der Waals surface area contributed by atoms with Crippen LogP contribution in [0.4, 0.5) is 21.9 Å². The van der Waals surface area contributed by atoms with Crippen molar-refractivity contribution in [3.05, 3.63) is 60.2 Å². The number of amides is 2. The van der Waals surface area contributed by atoms with Gasteiger partial charge in [0.1, 0.15) is 5.75 Å². The molecule has 7 heteroatoms. The molecule has 0 aromatic heterocycles. The monoisotopic (exact) mass is 502 g/mol. The van der Waals surface area contributed by atoms with E-state index in [1.807, 2.05) is 37.3 Å². The Kier molecular flexibility index (Phi) is 7.51. The van der Waals surface area contributed by atoms with E-state index in [1.165, 1.54) is 12.8 Å². The first kappa shape index (κ1) is 25.3. The molecule has 2 N–H and O–H groups in total. The molecule has 2 aromatic rings. The minimum atomic E-state index is -0.417. The van der Waals surface area contributed by atoms with Crippen LogP contribution in [-0.2, 0) is 11.2 Å². The predicted octanol–water partition coefficient (Wildman–Crippen LogP) is 5.46. The van der Waals surface area contributed by atoms with E-state index in [4.69, 9.17) is 4.74 Å². The van der Waals surface area contributed by atoms with E-state index in [9.17, 15) is 9.59 Å². The first-order valence-electron chi connectivity index (χ1n) is 13.6. The van der Waals surface area contributed by atoms with Gasteiger partial charge in [0.15, 0.2) is 0 Å². The van der Waals surface area contributed by atoms with Gasteiger partial charge >= 0.3 is 6.09 Å². The quantitative estimate of drug-likeness (QED) is 0.469. The Morgan fingerprint density at radius 2 is 2.08 bits per heavy atom. The van der Waals surface area contributed by atoms with Crippen molar-refractivity contribution < 1.29 is 14.3 Å². The summed E-state index contributed by atoms with van der Waals surface area (Å²) in [7, 11) is 0. The van der Waals surface area contributed by atoms with Crippen molar-refractivity contribution in [1.29, 1.82) is 0 Å². The molecule has 1 saturated carbocycles. The largest absolute Gasteiger partial charge is 0.419 e. The first-order valence-corrected chi connectivity index (χ1v) is 13.6. The van der Waals surface area contributed by atoms with Crippen LogP contribution in [0, 0.1) is 5.92 Å². The van der Waals surface area contributed by atoms with Crippen LogP contribution < -0.4 is 25.2 Å². The van der Waals surface area contributed by atoms with E-state index >= 15 is 0 Å². The molecule has 0 radical (unpaired) electrons. The van der Waals surface area contributed by atoms with Crippen molar-refractivity contribution >= 4 is 29.1 Å². The second kappa shape index (κ2) is 11.0. The van der Waals surface area contributed by atoms with Crippen molar-refractivity contribution in [1.82, 2.24) is 5.32 Å². The minimum absolute atomic E-state index is 0.0357. The molecule has 2 aromatic carbocycles. The molecule has 2 aliphatic heterocycles. The van der Waals surface area contributed by atoms with Crippen LogP contribution in [0.2, 0.25) is 0 Å². The number of benzene rings is 2. The third-order valence-corrected chi connectivity index (χ3v) is 7.69. The summed E-state index contributed by atoms with van der Waals surface area (Å²) >= 11 is 0. The number of anilines is 3. The van der Waals surface area contributed by atoms with Crippen molar-refractivity contribution in [2.75, 3.05) is 41.3 Å². The van der Waals surface area contributed by atoms with E-state index in [2.05, 4.69) is 29.3 Å². The number of hydrogen-bond donors (Lipinski definition) is 2. The molecule has 3 aliphatic rings. The zero-order chi connectivity index (χ0) is 25.9. The van der Waals surface area contributed by atoms with Gasteiger partial charge in [0.05, 0.1) is 17.4 Å². The number of rotatable bonds is 8. The molecular weight excluding hydrogens is 464 g/mol. The molecular formula is C30H38N4O3. The Hall–Kier alpha value is -3.32. The standard InChI is InChI=1S/C30H38N4O3/c1-4-7-24(18-31-17-22-11-12-22)23-13-14-27-28(16-23)33(19-20(2)34(27)21(3)35)30(36)37-29-10-5-9-26-25(29)8-6-15-32-26/h4-5,9-10,13-14,16,20,22,24,31-32H,1,6-8,11-12,15,17-19H2,2-3H3. The van der Waals surface area contributed by atoms with E-state index in [1.54, 1.807) is 16.7 Å². The predicted molar refractivity (Wildman–Crippen MR) is 149 cm³/mol. The lowest BCUT2D eigenvalue weighted by molar-refractivity contribution is -0.117. The topological polar surface area (TPSA) is 73.9 Å². The lowest BCUT2D eigenvalue weighted by Crippen LogP contribution is -2.52. The second-order valence-corrected chi connectivity index (χ2v) is 10.6. The number of allylic oxidation sites excluding steroid dienone is 1. The van der Waals surface area contributed by atoms with Crippen LogP contribution in [0.15, 0.2) is 49.1 Å². The highest BCUT2D eigenvalue weighted by molar-refractivity contribution is 6.02. The van der Waals surface area contributed by atoms with Crippen LogP contribution in [-0.4, -0.2) is 44.2 Å². The summed E-state index contributed by atoms with van der Waals surface area (Å²) in [4.78, 5) is 29.7. The molecule has 0 saturated heterocycles. The molecule has 196 valence electrons. The van der Waals surface area contributed by atoms with E-state index in [0.29, 0.717) is 12.3 Å². The Morgan fingerprint density at radius 3 is 2.84 bits per heavy atom. The number of hydrogen-bond acceptors (Lipinski definition) is 5. The van der Waals surface area contributed by atoms with Gasteiger partial charge in [0.2, 0.25) is 5.91 Å². The lowest BCUT2D eigenvalue weighted by atomic mass is 9.93. The molecule has 1 aliphatic carbocycles. The number of carbonyl (C=O) groups excluding carboxylic acids is 2. The number of nitrogens with zero attached hydrogens (tertiary/aromatic N) is 2. The van der Waals surface area contributed by atoms with Crippen LogP contribution in [0.25, 0.3) is 0 Å². The highest BCUT2D eigenvalue weighted by atomic mass is 16.6. The molecule has 0 bridgehead atoms. The fraction of sp³-hybridized carbons (Fsp3) is 0.467. The van der Waals surface area contributed by atoms with Gasteiger partial charge in [-0.1, -0.05) is 18.2 Å². The number of nitrogens with one attached hydrogen (secondary N) is 2. The molecule has 5 rings (SSSR count). The second-order valence-electron chi connectivity index (χ2n) is 10.6. The number of fused-ring (bicyclic) bond motifs is 2. The summed E-state index contributed by atoms with van der Waals surface area (Å²) in [5.74, 6) is 1.61. The molecule has 2 amide bonds. The Labute approximate surface area is 219 Å². The molecule has 1 fully saturated rings. The fourth-order valence-corrected chi connectivity index (χ4v) is 5.59. The molecule has 0 spiro atoms. The van der Waals surface area contributed by atoms with Gasteiger partial charge in [-0.25, -0.2) is 4.79 Å². The maximum atomic E-state index is 13.7. The third kappa shape index (κ3) is 5.52. The Morgan fingerprint density at radius 1 is 1.24 bits per heavy atom. The first-order chi connectivity index (χ1) is 18.0. The van der Waals surface area contributed by atoms with E-state index < -0.39 is 6.09 Å². The molecule has 2 atom stereocenters. The van der Waals surface area contributed by atoms with Crippen LogP contribution in [0.5, 0.6) is 5.75 Å². The van der Waals surface area contributed by atoms with E-state index in [0.717, 1.165) is 73.0 Å². The molecule has 37 heavy (non-hydrogen) atoms. The molecule has 2 heterocycles.